The van der Waals surface area contributed by atoms with Crippen molar-refractivity contribution in [3.8, 4) is 0 Å². The summed E-state index contributed by atoms with van der Waals surface area (Å²) in [4.78, 5) is 29.1. The summed E-state index contributed by atoms with van der Waals surface area (Å²) in [5.74, 6) is -0.00553. The van der Waals surface area contributed by atoms with E-state index in [0.29, 0.717) is 37.6 Å². The van der Waals surface area contributed by atoms with Crippen LogP contribution in [0, 0.1) is 0 Å². The summed E-state index contributed by atoms with van der Waals surface area (Å²) >= 11 is 5.96. The van der Waals surface area contributed by atoms with Crippen molar-refractivity contribution in [1.29, 1.82) is 0 Å². The zero-order valence-electron chi connectivity index (χ0n) is 14.9. The van der Waals surface area contributed by atoms with E-state index < -0.39 is 6.04 Å². The van der Waals surface area contributed by atoms with Gasteiger partial charge in [0, 0.05) is 23.7 Å². The monoisotopic (exact) mass is 384 g/mol. The van der Waals surface area contributed by atoms with Gasteiger partial charge in [0.2, 0.25) is 11.8 Å². The highest BCUT2D eigenvalue weighted by atomic mass is 35.5. The molecule has 27 heavy (non-hydrogen) atoms. The van der Waals surface area contributed by atoms with Gasteiger partial charge in [0.15, 0.2) is 0 Å². The molecule has 0 radical (unpaired) electrons. The topological polar surface area (TPSA) is 49.9 Å². The van der Waals surface area contributed by atoms with Crippen LogP contribution < -0.4 is 4.90 Å². The van der Waals surface area contributed by atoms with E-state index in [9.17, 15) is 9.59 Å². The van der Waals surface area contributed by atoms with Gasteiger partial charge in [-0.3, -0.25) is 14.5 Å². The van der Waals surface area contributed by atoms with E-state index in [-0.39, 0.29) is 17.9 Å². The molecule has 0 N–H and O–H groups in total. The number of anilines is 1. The molecule has 0 aliphatic carbocycles. The van der Waals surface area contributed by atoms with Gasteiger partial charge in [0.05, 0.1) is 13.2 Å². The average molecular weight is 385 g/mol. The van der Waals surface area contributed by atoms with Crippen molar-refractivity contribution in [2.45, 2.75) is 25.0 Å². The number of morpholine rings is 1. The molecule has 2 heterocycles. The normalized spacial score (nSPS) is 22.9. The number of halogens is 1. The van der Waals surface area contributed by atoms with Gasteiger partial charge in [0.1, 0.15) is 12.1 Å². The third kappa shape index (κ3) is 3.70. The van der Waals surface area contributed by atoms with Crippen LogP contribution in [0.3, 0.4) is 0 Å². The second-order valence-corrected chi connectivity index (χ2v) is 7.29. The van der Waals surface area contributed by atoms with Crippen LogP contribution in [0.2, 0.25) is 5.02 Å². The van der Waals surface area contributed by atoms with Gasteiger partial charge in [-0.25, -0.2) is 0 Å². The lowest BCUT2D eigenvalue weighted by molar-refractivity contribution is -0.140. The fourth-order valence-corrected chi connectivity index (χ4v) is 3.90. The van der Waals surface area contributed by atoms with E-state index in [0.717, 1.165) is 11.3 Å². The van der Waals surface area contributed by atoms with Crippen molar-refractivity contribution in [1.82, 2.24) is 4.90 Å². The maximum absolute atomic E-state index is 13.2. The number of hydrogen-bond acceptors (Lipinski definition) is 3. The van der Waals surface area contributed by atoms with Crippen molar-refractivity contribution >= 4 is 29.1 Å². The molecule has 2 amide bonds. The second kappa shape index (κ2) is 7.71. The van der Waals surface area contributed by atoms with Crippen molar-refractivity contribution in [2.75, 3.05) is 24.6 Å². The molecule has 0 bridgehead atoms. The summed E-state index contributed by atoms with van der Waals surface area (Å²) in [6.07, 6.45) is 0.772. The Balaban J connectivity index is 1.51. The summed E-state index contributed by atoms with van der Waals surface area (Å²) in [6, 6.07) is 16.5. The number of hydrogen-bond donors (Lipinski definition) is 0. The van der Waals surface area contributed by atoms with Gasteiger partial charge < -0.3 is 9.64 Å². The summed E-state index contributed by atoms with van der Waals surface area (Å²) < 4.78 is 5.86. The van der Waals surface area contributed by atoms with Crippen LogP contribution in [0.25, 0.3) is 0 Å². The highest BCUT2D eigenvalue weighted by molar-refractivity contribution is 6.30. The molecule has 2 aromatic rings. The Morgan fingerprint density at radius 2 is 1.81 bits per heavy atom. The zero-order chi connectivity index (χ0) is 18.8. The fourth-order valence-electron chi connectivity index (χ4n) is 3.77. The Kier molecular flexibility index (Phi) is 5.14. The fraction of sp³-hybridized carbons (Fsp3) is 0.333. The van der Waals surface area contributed by atoms with E-state index in [1.54, 1.807) is 4.90 Å². The average Bonchev–Trinajstić information content (AvgIpc) is 3.10. The van der Waals surface area contributed by atoms with Crippen LogP contribution in [-0.2, 0) is 14.3 Å². The lowest BCUT2D eigenvalue weighted by Crippen LogP contribution is -2.51. The third-order valence-corrected chi connectivity index (χ3v) is 5.40. The number of amides is 2. The lowest BCUT2D eigenvalue weighted by Gasteiger charge is -2.36. The summed E-state index contributed by atoms with van der Waals surface area (Å²) in [5.41, 5.74) is 1.78. The predicted molar refractivity (Wildman–Crippen MR) is 104 cm³/mol. The molecule has 2 aliphatic rings. The van der Waals surface area contributed by atoms with Gasteiger partial charge in [-0.05, 0) is 36.2 Å². The summed E-state index contributed by atoms with van der Waals surface area (Å²) in [5, 5.41) is 0.672. The van der Waals surface area contributed by atoms with Crippen LogP contribution in [-0.4, -0.2) is 42.5 Å². The molecular weight excluding hydrogens is 364 g/mol. The molecule has 5 nitrogen and oxygen atoms in total. The number of carbonyl (C=O) groups is 2. The molecule has 140 valence electrons. The molecular formula is C21H21ClN2O3. The molecule has 0 spiro atoms. The van der Waals surface area contributed by atoms with E-state index >= 15 is 0 Å². The van der Waals surface area contributed by atoms with Crippen molar-refractivity contribution in [3.05, 3.63) is 65.2 Å². The van der Waals surface area contributed by atoms with Gasteiger partial charge in [-0.1, -0.05) is 41.9 Å². The quantitative estimate of drug-likeness (QED) is 0.814. The molecule has 0 aromatic heterocycles. The van der Waals surface area contributed by atoms with E-state index in [4.69, 9.17) is 16.3 Å². The van der Waals surface area contributed by atoms with Crippen LogP contribution in [0.5, 0.6) is 0 Å². The lowest BCUT2D eigenvalue weighted by atomic mass is 10.1. The first-order valence-corrected chi connectivity index (χ1v) is 9.54. The number of carbonyl (C=O) groups excluding carboxylic acids is 2. The molecule has 2 saturated heterocycles. The molecule has 2 aromatic carbocycles. The van der Waals surface area contributed by atoms with Crippen LogP contribution >= 0.6 is 11.6 Å². The van der Waals surface area contributed by atoms with Gasteiger partial charge >= 0.3 is 0 Å². The third-order valence-electron chi connectivity index (χ3n) is 5.15. The molecule has 2 atom stereocenters. The first-order chi connectivity index (χ1) is 13.1. The summed E-state index contributed by atoms with van der Waals surface area (Å²) in [6.45, 7) is 1.50. The highest BCUT2D eigenvalue weighted by Crippen LogP contribution is 2.30. The molecule has 2 fully saturated rings. The molecule has 4 rings (SSSR count). The number of benzene rings is 2. The first kappa shape index (κ1) is 18.0. The van der Waals surface area contributed by atoms with Gasteiger partial charge in [0.25, 0.3) is 0 Å². The standard InChI is InChI=1S/C21H21ClN2O3/c22-16-8-6-15(7-9-16)19-14-23(12-13-27-19)21(26)18-10-11-20(25)24(18)17-4-2-1-3-5-17/h1-9,18-19H,10-14H2. The number of ether oxygens (including phenoxy) is 1. The number of rotatable bonds is 3. The smallest absolute Gasteiger partial charge is 0.245 e. The van der Waals surface area contributed by atoms with E-state index in [2.05, 4.69) is 0 Å². The Labute approximate surface area is 163 Å². The predicted octanol–water partition coefficient (Wildman–Crippen LogP) is 3.44. The van der Waals surface area contributed by atoms with Crippen LogP contribution in [0.4, 0.5) is 5.69 Å². The second-order valence-electron chi connectivity index (χ2n) is 6.85. The molecule has 0 saturated carbocycles. The van der Waals surface area contributed by atoms with E-state index in [1.165, 1.54) is 0 Å². The Hall–Kier alpha value is -2.37. The first-order valence-electron chi connectivity index (χ1n) is 9.16. The van der Waals surface area contributed by atoms with Crippen molar-refractivity contribution in [2.24, 2.45) is 0 Å². The largest absolute Gasteiger partial charge is 0.370 e. The SMILES string of the molecule is O=C(C1CCC(=O)N1c1ccccc1)N1CCOC(c2ccc(Cl)cc2)C1. The van der Waals surface area contributed by atoms with Crippen LogP contribution in [0.1, 0.15) is 24.5 Å². The zero-order valence-corrected chi connectivity index (χ0v) is 15.6. The van der Waals surface area contributed by atoms with Gasteiger partial charge in [-0.2, -0.15) is 0 Å². The maximum atomic E-state index is 13.2. The Morgan fingerprint density at radius 1 is 1.07 bits per heavy atom. The Bertz CT molecular complexity index is 825. The van der Waals surface area contributed by atoms with Crippen LogP contribution in [0.15, 0.2) is 54.6 Å². The maximum Gasteiger partial charge on any atom is 0.245 e. The highest BCUT2D eigenvalue weighted by Gasteiger charge is 2.40. The molecule has 6 heteroatoms. The van der Waals surface area contributed by atoms with Crippen molar-refractivity contribution < 1.29 is 14.3 Å². The minimum absolute atomic E-state index is 0.00191. The number of nitrogens with zero attached hydrogens (tertiary/aromatic N) is 2. The summed E-state index contributed by atoms with van der Waals surface area (Å²) in [7, 11) is 0. The van der Waals surface area contributed by atoms with E-state index in [1.807, 2.05) is 59.5 Å². The Morgan fingerprint density at radius 3 is 2.56 bits per heavy atom. The molecule has 2 unspecified atom stereocenters. The van der Waals surface area contributed by atoms with Gasteiger partial charge in [-0.15, -0.1) is 0 Å². The minimum atomic E-state index is -0.441. The van der Waals surface area contributed by atoms with Crippen molar-refractivity contribution in [3.63, 3.8) is 0 Å². The number of para-hydroxylation sites is 1. The molecule has 2 aliphatic heterocycles. The minimum Gasteiger partial charge on any atom is -0.370 e.